The van der Waals surface area contributed by atoms with E-state index in [1.807, 2.05) is 18.2 Å². The molecule has 5 heteroatoms. The van der Waals surface area contributed by atoms with Crippen LogP contribution in [0.25, 0.3) is 10.2 Å². The summed E-state index contributed by atoms with van der Waals surface area (Å²) in [5.74, 6) is 0.208. The smallest absolute Gasteiger partial charge is 0.143 e. The summed E-state index contributed by atoms with van der Waals surface area (Å²) in [4.78, 5) is 4.19. The van der Waals surface area contributed by atoms with Gasteiger partial charge in [-0.3, -0.25) is 0 Å². The van der Waals surface area contributed by atoms with Gasteiger partial charge in [-0.1, -0.05) is 11.2 Å². The number of oxime groups is 1. The average Bonchev–Trinajstić information content (AvgIpc) is 2.64. The topological polar surface area (TPSA) is 71.5 Å². The maximum absolute atomic E-state index is 8.42. The highest BCUT2D eigenvalue weighted by atomic mass is 32.1. The van der Waals surface area contributed by atoms with Crippen LogP contribution >= 0.6 is 11.3 Å². The molecule has 2 aromatic rings. The van der Waals surface area contributed by atoms with Crippen LogP contribution in [0.2, 0.25) is 0 Å². The minimum Gasteiger partial charge on any atom is -0.409 e. The first-order valence-corrected chi connectivity index (χ1v) is 4.96. The molecule has 4 nitrogen and oxygen atoms in total. The van der Waals surface area contributed by atoms with Gasteiger partial charge in [0.25, 0.3) is 0 Å². The van der Waals surface area contributed by atoms with E-state index in [-0.39, 0.29) is 5.84 Å². The van der Waals surface area contributed by atoms with Crippen LogP contribution in [-0.4, -0.2) is 16.0 Å². The van der Waals surface area contributed by atoms with Crippen LogP contribution in [0.5, 0.6) is 0 Å². The Bertz CT molecular complexity index is 478. The summed E-state index contributed by atoms with van der Waals surface area (Å²) in [6.45, 7) is 0. The van der Waals surface area contributed by atoms with E-state index in [9.17, 15) is 0 Å². The largest absolute Gasteiger partial charge is 0.409 e. The van der Waals surface area contributed by atoms with Crippen LogP contribution in [0, 0.1) is 0 Å². The standard InChI is InChI=1S/C9H9N3OS/c10-9(12-13)4-6-1-2-8-7(3-6)11-5-14-8/h1-3,5,13H,4H2,(H2,10,12). The van der Waals surface area contributed by atoms with E-state index in [1.165, 1.54) is 0 Å². The van der Waals surface area contributed by atoms with Gasteiger partial charge in [-0.15, -0.1) is 11.3 Å². The fourth-order valence-corrected chi connectivity index (χ4v) is 1.92. The third kappa shape index (κ3) is 1.67. The van der Waals surface area contributed by atoms with Crippen LogP contribution in [0.4, 0.5) is 0 Å². The SMILES string of the molecule is N/C(Cc1ccc2scnc2c1)=N\O. The van der Waals surface area contributed by atoms with E-state index in [0.29, 0.717) is 6.42 Å². The van der Waals surface area contributed by atoms with Gasteiger partial charge in [0, 0.05) is 6.42 Å². The van der Waals surface area contributed by atoms with Crippen molar-refractivity contribution >= 4 is 27.4 Å². The predicted molar refractivity (Wildman–Crippen MR) is 56.7 cm³/mol. The molecule has 72 valence electrons. The molecule has 1 aromatic heterocycles. The average molecular weight is 207 g/mol. The monoisotopic (exact) mass is 207 g/mol. The summed E-state index contributed by atoms with van der Waals surface area (Å²) in [5, 5.41) is 11.3. The Hall–Kier alpha value is -1.62. The lowest BCUT2D eigenvalue weighted by Crippen LogP contribution is -2.14. The van der Waals surface area contributed by atoms with Gasteiger partial charge in [0.2, 0.25) is 0 Å². The highest BCUT2D eigenvalue weighted by Gasteiger charge is 2.00. The number of fused-ring (bicyclic) bond motifs is 1. The molecule has 0 aliphatic carbocycles. The third-order valence-corrected chi connectivity index (χ3v) is 2.72. The number of amidine groups is 1. The Labute approximate surface area is 84.7 Å². The number of hydrogen-bond donors (Lipinski definition) is 2. The second-order valence-electron chi connectivity index (χ2n) is 2.92. The molecule has 2 rings (SSSR count). The molecule has 1 heterocycles. The molecular formula is C9H9N3OS. The molecule has 0 spiro atoms. The summed E-state index contributed by atoms with van der Waals surface area (Å²) in [7, 11) is 0. The van der Waals surface area contributed by atoms with Gasteiger partial charge in [0.1, 0.15) is 5.84 Å². The molecule has 0 radical (unpaired) electrons. The molecule has 14 heavy (non-hydrogen) atoms. The van der Waals surface area contributed by atoms with Crippen molar-refractivity contribution in [3.05, 3.63) is 29.3 Å². The zero-order valence-electron chi connectivity index (χ0n) is 7.34. The quantitative estimate of drug-likeness (QED) is 0.340. The second kappa shape index (κ2) is 3.63. The Balaban J connectivity index is 2.34. The fraction of sp³-hybridized carbons (Fsp3) is 0.111. The Morgan fingerprint density at radius 3 is 3.21 bits per heavy atom. The van der Waals surface area contributed by atoms with Crippen LogP contribution < -0.4 is 5.73 Å². The van der Waals surface area contributed by atoms with Gasteiger partial charge in [0.05, 0.1) is 15.7 Å². The molecule has 3 N–H and O–H groups in total. The van der Waals surface area contributed by atoms with E-state index in [1.54, 1.807) is 16.8 Å². The van der Waals surface area contributed by atoms with E-state index in [2.05, 4.69) is 10.1 Å². The fourth-order valence-electron chi connectivity index (χ4n) is 1.26. The number of rotatable bonds is 2. The maximum Gasteiger partial charge on any atom is 0.143 e. The normalized spacial score (nSPS) is 12.1. The van der Waals surface area contributed by atoms with Crippen LogP contribution in [0.3, 0.4) is 0 Å². The molecule has 0 bridgehead atoms. The summed E-state index contributed by atoms with van der Waals surface area (Å²) in [6.07, 6.45) is 0.448. The van der Waals surface area contributed by atoms with E-state index in [0.717, 1.165) is 15.8 Å². The van der Waals surface area contributed by atoms with Crippen molar-refractivity contribution in [1.29, 1.82) is 0 Å². The Kier molecular flexibility index (Phi) is 2.32. The summed E-state index contributed by atoms with van der Waals surface area (Å²) in [5.41, 5.74) is 9.17. The van der Waals surface area contributed by atoms with Gasteiger partial charge in [0.15, 0.2) is 0 Å². The minimum absolute atomic E-state index is 0.208. The van der Waals surface area contributed by atoms with Crippen molar-refractivity contribution in [3.63, 3.8) is 0 Å². The van der Waals surface area contributed by atoms with Crippen LogP contribution in [-0.2, 0) is 6.42 Å². The molecule has 0 aliphatic heterocycles. The molecule has 0 atom stereocenters. The van der Waals surface area contributed by atoms with Gasteiger partial charge < -0.3 is 10.9 Å². The zero-order chi connectivity index (χ0) is 9.97. The summed E-state index contributed by atoms with van der Waals surface area (Å²) < 4.78 is 1.15. The molecule has 0 saturated carbocycles. The van der Waals surface area contributed by atoms with Crippen LogP contribution in [0.15, 0.2) is 28.9 Å². The summed E-state index contributed by atoms with van der Waals surface area (Å²) in [6, 6.07) is 5.90. The van der Waals surface area contributed by atoms with E-state index in [4.69, 9.17) is 10.9 Å². The van der Waals surface area contributed by atoms with Crippen LogP contribution in [0.1, 0.15) is 5.56 Å². The zero-order valence-corrected chi connectivity index (χ0v) is 8.16. The van der Waals surface area contributed by atoms with Crippen molar-refractivity contribution < 1.29 is 5.21 Å². The first-order chi connectivity index (χ1) is 6.79. The molecule has 0 unspecified atom stereocenters. The lowest BCUT2D eigenvalue weighted by molar-refractivity contribution is 0.317. The molecule has 0 saturated heterocycles. The maximum atomic E-state index is 8.42. The molecular weight excluding hydrogens is 198 g/mol. The highest BCUT2D eigenvalue weighted by Crippen LogP contribution is 2.18. The lowest BCUT2D eigenvalue weighted by atomic mass is 10.1. The minimum atomic E-state index is 0.208. The van der Waals surface area contributed by atoms with Crippen molar-refractivity contribution in [2.24, 2.45) is 10.9 Å². The molecule has 0 fully saturated rings. The van der Waals surface area contributed by atoms with Crippen molar-refractivity contribution in [3.8, 4) is 0 Å². The van der Waals surface area contributed by atoms with Gasteiger partial charge in [-0.2, -0.15) is 0 Å². The van der Waals surface area contributed by atoms with E-state index < -0.39 is 0 Å². The van der Waals surface area contributed by atoms with Gasteiger partial charge >= 0.3 is 0 Å². The van der Waals surface area contributed by atoms with Gasteiger partial charge in [-0.25, -0.2) is 4.98 Å². The number of aromatic nitrogens is 1. The third-order valence-electron chi connectivity index (χ3n) is 1.91. The number of nitrogens with two attached hydrogens (primary N) is 1. The number of thiazole rings is 1. The van der Waals surface area contributed by atoms with Crippen molar-refractivity contribution in [2.75, 3.05) is 0 Å². The van der Waals surface area contributed by atoms with E-state index >= 15 is 0 Å². The molecule has 0 amide bonds. The Morgan fingerprint density at radius 2 is 2.43 bits per heavy atom. The summed E-state index contributed by atoms with van der Waals surface area (Å²) >= 11 is 1.60. The van der Waals surface area contributed by atoms with Gasteiger partial charge in [-0.05, 0) is 17.7 Å². The predicted octanol–water partition coefficient (Wildman–Crippen LogP) is 1.59. The molecule has 1 aromatic carbocycles. The van der Waals surface area contributed by atoms with Crippen molar-refractivity contribution in [2.45, 2.75) is 6.42 Å². The Morgan fingerprint density at radius 1 is 1.57 bits per heavy atom. The lowest BCUT2D eigenvalue weighted by Gasteiger charge is -1.98. The number of hydrogen-bond acceptors (Lipinski definition) is 4. The number of benzene rings is 1. The second-order valence-corrected chi connectivity index (χ2v) is 3.81. The highest BCUT2D eigenvalue weighted by molar-refractivity contribution is 7.16. The van der Waals surface area contributed by atoms with Crippen molar-refractivity contribution in [1.82, 2.24) is 4.98 Å². The number of nitrogens with zero attached hydrogens (tertiary/aromatic N) is 2. The first-order valence-electron chi connectivity index (χ1n) is 4.08. The molecule has 0 aliphatic rings. The first kappa shape index (κ1) is 8.96.